The SMILES string of the molecule is CCCCOc1ccc(/C(C#N)=C2\N=C(N)NC2=O)cc1. The summed E-state index contributed by atoms with van der Waals surface area (Å²) in [5.74, 6) is 0.267. The van der Waals surface area contributed by atoms with Gasteiger partial charge in [0.2, 0.25) is 5.96 Å². The fraction of sp³-hybridized carbons (Fsp3) is 0.267. The van der Waals surface area contributed by atoms with Crippen LogP contribution >= 0.6 is 0 Å². The van der Waals surface area contributed by atoms with Gasteiger partial charge in [-0.05, 0) is 36.2 Å². The monoisotopic (exact) mass is 284 g/mol. The maximum atomic E-state index is 11.7. The summed E-state index contributed by atoms with van der Waals surface area (Å²) >= 11 is 0. The number of guanidine groups is 1. The fourth-order valence-corrected chi connectivity index (χ4v) is 1.85. The van der Waals surface area contributed by atoms with Gasteiger partial charge in [-0.1, -0.05) is 13.3 Å². The number of unbranched alkanes of at least 4 members (excludes halogenated alkanes) is 1. The second-order valence-electron chi connectivity index (χ2n) is 4.51. The number of nitriles is 1. The summed E-state index contributed by atoms with van der Waals surface area (Å²) in [5, 5.41) is 11.6. The summed E-state index contributed by atoms with van der Waals surface area (Å²) in [6, 6.07) is 8.98. The molecule has 0 radical (unpaired) electrons. The molecule has 0 saturated heterocycles. The van der Waals surface area contributed by atoms with E-state index in [1.165, 1.54) is 0 Å². The summed E-state index contributed by atoms with van der Waals surface area (Å²) in [6.45, 7) is 2.75. The lowest BCUT2D eigenvalue weighted by Crippen LogP contribution is -2.30. The molecule has 6 nitrogen and oxygen atoms in total. The highest BCUT2D eigenvalue weighted by Gasteiger charge is 2.23. The van der Waals surface area contributed by atoms with Crippen molar-refractivity contribution in [3.63, 3.8) is 0 Å². The minimum Gasteiger partial charge on any atom is -0.494 e. The molecule has 0 spiro atoms. The zero-order valence-electron chi connectivity index (χ0n) is 11.7. The molecule has 0 atom stereocenters. The number of allylic oxidation sites excluding steroid dienone is 1. The number of rotatable bonds is 5. The molecule has 0 bridgehead atoms. The van der Waals surface area contributed by atoms with Crippen LogP contribution in [-0.2, 0) is 4.79 Å². The van der Waals surface area contributed by atoms with Gasteiger partial charge in [0, 0.05) is 0 Å². The van der Waals surface area contributed by atoms with Gasteiger partial charge in [0.05, 0.1) is 12.2 Å². The molecule has 3 N–H and O–H groups in total. The summed E-state index contributed by atoms with van der Waals surface area (Å²) in [5.41, 5.74) is 6.26. The third kappa shape index (κ3) is 3.39. The second kappa shape index (κ2) is 6.57. The number of hydrogen-bond acceptors (Lipinski definition) is 5. The Balaban J connectivity index is 2.23. The highest BCUT2D eigenvalue weighted by Crippen LogP contribution is 2.23. The van der Waals surface area contributed by atoms with Crippen LogP contribution in [0.2, 0.25) is 0 Å². The van der Waals surface area contributed by atoms with Gasteiger partial charge in [-0.3, -0.25) is 10.1 Å². The Morgan fingerprint density at radius 1 is 1.43 bits per heavy atom. The number of ether oxygens (including phenoxy) is 1. The summed E-state index contributed by atoms with van der Waals surface area (Å²) < 4.78 is 5.55. The number of carbonyl (C=O) groups excluding carboxylic acids is 1. The topological polar surface area (TPSA) is 100 Å². The number of nitrogens with one attached hydrogen (secondary N) is 1. The zero-order chi connectivity index (χ0) is 15.2. The van der Waals surface area contributed by atoms with Crippen LogP contribution in [0.25, 0.3) is 5.57 Å². The number of amides is 1. The number of nitrogens with zero attached hydrogens (tertiary/aromatic N) is 2. The molecule has 1 heterocycles. The first-order valence-corrected chi connectivity index (χ1v) is 6.68. The molecule has 2 rings (SSSR count). The highest BCUT2D eigenvalue weighted by atomic mass is 16.5. The number of hydrogen-bond donors (Lipinski definition) is 2. The molecule has 21 heavy (non-hydrogen) atoms. The molecule has 108 valence electrons. The van der Waals surface area contributed by atoms with Gasteiger partial charge in [-0.25, -0.2) is 4.99 Å². The van der Waals surface area contributed by atoms with Crippen LogP contribution in [0.3, 0.4) is 0 Å². The Hall–Kier alpha value is -2.81. The summed E-state index contributed by atoms with van der Waals surface area (Å²) in [6.07, 6.45) is 2.06. The van der Waals surface area contributed by atoms with E-state index >= 15 is 0 Å². The third-order valence-electron chi connectivity index (χ3n) is 2.95. The minimum absolute atomic E-state index is 0.00210. The Morgan fingerprint density at radius 2 is 2.14 bits per heavy atom. The molecule has 0 aliphatic carbocycles. The smallest absolute Gasteiger partial charge is 0.278 e. The van der Waals surface area contributed by atoms with Gasteiger partial charge in [0.15, 0.2) is 5.70 Å². The summed E-state index contributed by atoms with van der Waals surface area (Å²) in [4.78, 5) is 15.5. The molecule has 1 aromatic carbocycles. The van der Waals surface area contributed by atoms with Crippen molar-refractivity contribution in [2.24, 2.45) is 10.7 Å². The summed E-state index contributed by atoms with van der Waals surface area (Å²) in [7, 11) is 0. The molecule has 0 fully saturated rings. The van der Waals surface area contributed by atoms with E-state index in [9.17, 15) is 10.1 Å². The third-order valence-corrected chi connectivity index (χ3v) is 2.95. The van der Waals surface area contributed by atoms with Crippen molar-refractivity contribution in [1.29, 1.82) is 5.26 Å². The van der Waals surface area contributed by atoms with Gasteiger partial charge in [-0.15, -0.1) is 0 Å². The predicted octanol–water partition coefficient (Wildman–Crippen LogP) is 1.54. The molecule has 1 aliphatic rings. The lowest BCUT2D eigenvalue weighted by Gasteiger charge is -2.06. The molecule has 0 unspecified atom stereocenters. The average molecular weight is 284 g/mol. The van der Waals surface area contributed by atoms with E-state index in [4.69, 9.17) is 10.5 Å². The highest BCUT2D eigenvalue weighted by molar-refractivity contribution is 6.16. The first kappa shape index (κ1) is 14.6. The molecule has 1 aliphatic heterocycles. The number of benzene rings is 1. The van der Waals surface area contributed by atoms with Gasteiger partial charge >= 0.3 is 0 Å². The Bertz CT molecular complexity index is 639. The van der Waals surface area contributed by atoms with Crippen molar-refractivity contribution < 1.29 is 9.53 Å². The van der Waals surface area contributed by atoms with E-state index in [1.54, 1.807) is 24.3 Å². The molecular formula is C15H16N4O2. The Kier molecular flexibility index (Phi) is 4.57. The lowest BCUT2D eigenvalue weighted by molar-refractivity contribution is -0.115. The van der Waals surface area contributed by atoms with Gasteiger partial charge < -0.3 is 10.5 Å². The number of nitrogens with two attached hydrogens (primary N) is 1. The largest absolute Gasteiger partial charge is 0.494 e. The van der Waals surface area contributed by atoms with E-state index < -0.39 is 5.91 Å². The van der Waals surface area contributed by atoms with Gasteiger partial charge in [0.25, 0.3) is 5.91 Å². The molecule has 1 aromatic rings. The van der Waals surface area contributed by atoms with Crippen molar-refractivity contribution in [3.8, 4) is 11.8 Å². The quantitative estimate of drug-likeness (QED) is 0.486. The number of aliphatic imine (C=N–C) groups is 1. The van der Waals surface area contributed by atoms with Crippen LogP contribution in [0.15, 0.2) is 35.0 Å². The van der Waals surface area contributed by atoms with Crippen LogP contribution in [0.4, 0.5) is 0 Å². The first-order chi connectivity index (χ1) is 10.2. The maximum Gasteiger partial charge on any atom is 0.278 e. The van der Waals surface area contributed by atoms with E-state index in [0.717, 1.165) is 18.6 Å². The molecule has 0 aromatic heterocycles. The van der Waals surface area contributed by atoms with Crippen LogP contribution in [0.1, 0.15) is 25.3 Å². The minimum atomic E-state index is -0.465. The number of carbonyl (C=O) groups is 1. The fourth-order valence-electron chi connectivity index (χ4n) is 1.85. The molecule has 1 amide bonds. The first-order valence-electron chi connectivity index (χ1n) is 6.68. The van der Waals surface area contributed by atoms with Gasteiger partial charge in [0.1, 0.15) is 11.8 Å². The molecule has 6 heteroatoms. The maximum absolute atomic E-state index is 11.7. The van der Waals surface area contributed by atoms with E-state index in [0.29, 0.717) is 12.2 Å². The average Bonchev–Trinajstić information content (AvgIpc) is 2.81. The normalized spacial score (nSPS) is 16.0. The predicted molar refractivity (Wildman–Crippen MR) is 79.1 cm³/mol. The molecular weight excluding hydrogens is 268 g/mol. The van der Waals surface area contributed by atoms with E-state index in [-0.39, 0.29) is 17.2 Å². The molecule has 0 saturated carbocycles. The van der Waals surface area contributed by atoms with Gasteiger partial charge in [-0.2, -0.15) is 5.26 Å². The van der Waals surface area contributed by atoms with Crippen LogP contribution in [0.5, 0.6) is 5.75 Å². The van der Waals surface area contributed by atoms with E-state index in [1.807, 2.05) is 6.07 Å². The van der Waals surface area contributed by atoms with Crippen molar-refractivity contribution in [2.45, 2.75) is 19.8 Å². The lowest BCUT2D eigenvalue weighted by atomic mass is 10.0. The van der Waals surface area contributed by atoms with Crippen molar-refractivity contribution in [1.82, 2.24) is 5.32 Å². The standard InChI is InChI=1S/C15H16N4O2/c1-2-3-8-21-11-6-4-10(5-7-11)12(9-16)13-14(20)19-15(17)18-13/h4-7H,2-3,8H2,1H3,(H3,17,18,19,20)/b13-12-. The van der Waals surface area contributed by atoms with Crippen molar-refractivity contribution in [3.05, 3.63) is 35.5 Å². The van der Waals surface area contributed by atoms with Crippen molar-refractivity contribution >= 4 is 17.4 Å². The van der Waals surface area contributed by atoms with Crippen LogP contribution in [-0.4, -0.2) is 18.5 Å². The zero-order valence-corrected chi connectivity index (χ0v) is 11.7. The van der Waals surface area contributed by atoms with Crippen LogP contribution in [0, 0.1) is 11.3 Å². The van der Waals surface area contributed by atoms with Crippen LogP contribution < -0.4 is 15.8 Å². The second-order valence-corrected chi connectivity index (χ2v) is 4.51. The van der Waals surface area contributed by atoms with E-state index in [2.05, 4.69) is 17.2 Å². The Morgan fingerprint density at radius 3 is 2.67 bits per heavy atom. The van der Waals surface area contributed by atoms with Crippen molar-refractivity contribution in [2.75, 3.05) is 6.61 Å². The Labute approximate surface area is 122 Å².